The van der Waals surface area contributed by atoms with E-state index >= 15 is 0 Å². The number of hydrogen-bond donors (Lipinski definition) is 1. The average Bonchev–Trinajstić information content (AvgIpc) is 2.98. The van der Waals surface area contributed by atoms with Crippen LogP contribution in [0.3, 0.4) is 0 Å². The number of carbonyl (C=O) groups is 2. The molecule has 1 aromatic carbocycles. The average molecular weight is 399 g/mol. The fraction of sp³-hybridized carbons (Fsp3) is 0.250. The minimum atomic E-state index is -0.315. The summed E-state index contributed by atoms with van der Waals surface area (Å²) in [6.07, 6.45) is 0. The third kappa shape index (κ3) is 5.14. The molecule has 4 nitrogen and oxygen atoms in total. The minimum absolute atomic E-state index is 0.00789. The molecule has 0 fully saturated rings. The molecule has 0 bridgehead atoms. The van der Waals surface area contributed by atoms with Gasteiger partial charge in [0, 0.05) is 13.1 Å². The number of nitrogens with zero attached hydrogens (tertiary/aromatic N) is 1. The van der Waals surface area contributed by atoms with Gasteiger partial charge in [-0.05, 0) is 52.7 Å². The van der Waals surface area contributed by atoms with Crippen molar-refractivity contribution < 1.29 is 14.0 Å². The zero-order chi connectivity index (χ0) is 16.8. The van der Waals surface area contributed by atoms with Crippen LogP contribution in [0.25, 0.3) is 0 Å². The molecule has 0 aliphatic carbocycles. The Morgan fingerprint density at radius 1 is 1.22 bits per heavy atom. The van der Waals surface area contributed by atoms with Crippen LogP contribution in [0.5, 0.6) is 0 Å². The van der Waals surface area contributed by atoms with E-state index in [-0.39, 0.29) is 24.2 Å². The van der Waals surface area contributed by atoms with E-state index in [1.165, 1.54) is 28.4 Å². The Morgan fingerprint density at radius 2 is 1.91 bits per heavy atom. The van der Waals surface area contributed by atoms with Crippen LogP contribution in [0.15, 0.2) is 40.2 Å². The largest absolute Gasteiger partial charge is 0.350 e. The van der Waals surface area contributed by atoms with Gasteiger partial charge in [0.1, 0.15) is 5.82 Å². The third-order valence-electron chi connectivity index (χ3n) is 3.19. The lowest BCUT2D eigenvalue weighted by atomic mass is 10.2. The molecule has 2 aromatic rings. The second kappa shape index (κ2) is 8.21. The summed E-state index contributed by atoms with van der Waals surface area (Å²) < 4.78 is 13.7. The van der Waals surface area contributed by atoms with Crippen LogP contribution in [-0.2, 0) is 11.3 Å². The molecular weight excluding hydrogens is 383 g/mol. The normalized spacial score (nSPS) is 10.4. The zero-order valence-electron chi connectivity index (χ0n) is 12.5. The molecule has 1 aromatic heterocycles. The highest BCUT2D eigenvalue weighted by Gasteiger charge is 2.18. The van der Waals surface area contributed by atoms with Gasteiger partial charge in [-0.15, -0.1) is 11.3 Å². The number of hydrogen-bond acceptors (Lipinski definition) is 3. The Balaban J connectivity index is 1.89. The fourth-order valence-corrected chi connectivity index (χ4v) is 3.30. The standard InChI is InChI=1S/C16H16BrFN2O2S/c1-2-20(16(22)13-7-8-14(17)23-13)10-15(21)19-9-11-3-5-12(18)6-4-11/h3-8H,2,9-10H2,1H3,(H,19,21). The number of nitrogens with one attached hydrogen (secondary N) is 1. The third-order valence-corrected chi connectivity index (χ3v) is 4.80. The van der Waals surface area contributed by atoms with Crippen molar-refractivity contribution in [3.8, 4) is 0 Å². The molecule has 1 heterocycles. The van der Waals surface area contributed by atoms with Crippen molar-refractivity contribution in [1.82, 2.24) is 10.2 Å². The molecule has 0 aliphatic rings. The van der Waals surface area contributed by atoms with Gasteiger partial charge in [0.05, 0.1) is 15.2 Å². The van der Waals surface area contributed by atoms with Crippen LogP contribution in [0, 0.1) is 5.82 Å². The summed E-state index contributed by atoms with van der Waals surface area (Å²) in [6.45, 7) is 2.56. The van der Waals surface area contributed by atoms with Crippen molar-refractivity contribution in [2.45, 2.75) is 13.5 Å². The van der Waals surface area contributed by atoms with Gasteiger partial charge in [-0.3, -0.25) is 9.59 Å². The molecule has 1 N–H and O–H groups in total. The zero-order valence-corrected chi connectivity index (χ0v) is 14.9. The number of benzene rings is 1. The van der Waals surface area contributed by atoms with Gasteiger partial charge in [-0.2, -0.15) is 0 Å². The Hall–Kier alpha value is -1.73. The van der Waals surface area contributed by atoms with Crippen LogP contribution in [0.4, 0.5) is 4.39 Å². The highest BCUT2D eigenvalue weighted by atomic mass is 79.9. The first-order valence-corrected chi connectivity index (χ1v) is 8.66. The van der Waals surface area contributed by atoms with E-state index in [1.54, 1.807) is 24.3 Å². The van der Waals surface area contributed by atoms with Crippen molar-refractivity contribution in [3.63, 3.8) is 0 Å². The maximum atomic E-state index is 12.8. The maximum Gasteiger partial charge on any atom is 0.264 e. The number of halogens is 2. The second-order valence-electron chi connectivity index (χ2n) is 4.83. The van der Waals surface area contributed by atoms with Crippen molar-refractivity contribution in [1.29, 1.82) is 0 Å². The topological polar surface area (TPSA) is 49.4 Å². The molecule has 122 valence electrons. The first-order valence-electron chi connectivity index (χ1n) is 7.05. The Morgan fingerprint density at radius 3 is 2.48 bits per heavy atom. The van der Waals surface area contributed by atoms with Crippen LogP contribution in [-0.4, -0.2) is 29.8 Å². The van der Waals surface area contributed by atoms with Crippen LogP contribution in [0.2, 0.25) is 0 Å². The van der Waals surface area contributed by atoms with E-state index in [0.29, 0.717) is 18.0 Å². The molecule has 0 spiro atoms. The number of likely N-dealkylation sites (N-methyl/N-ethyl adjacent to an activating group) is 1. The lowest BCUT2D eigenvalue weighted by Gasteiger charge is -2.19. The molecule has 0 unspecified atom stereocenters. The van der Waals surface area contributed by atoms with Crippen molar-refractivity contribution in [2.24, 2.45) is 0 Å². The molecule has 23 heavy (non-hydrogen) atoms. The summed E-state index contributed by atoms with van der Waals surface area (Å²) >= 11 is 4.66. The quantitative estimate of drug-likeness (QED) is 0.809. The maximum absolute atomic E-state index is 12.8. The molecule has 0 saturated heterocycles. The Kier molecular flexibility index (Phi) is 6.29. The highest BCUT2D eigenvalue weighted by molar-refractivity contribution is 9.11. The molecule has 0 atom stereocenters. The van der Waals surface area contributed by atoms with E-state index in [9.17, 15) is 14.0 Å². The van der Waals surface area contributed by atoms with Gasteiger partial charge in [0.25, 0.3) is 5.91 Å². The molecule has 0 saturated carbocycles. The first kappa shape index (κ1) is 17.6. The van der Waals surface area contributed by atoms with E-state index < -0.39 is 0 Å². The van der Waals surface area contributed by atoms with Crippen LogP contribution >= 0.6 is 27.3 Å². The summed E-state index contributed by atoms with van der Waals surface area (Å²) in [4.78, 5) is 26.4. The number of carbonyl (C=O) groups excluding carboxylic acids is 2. The van der Waals surface area contributed by atoms with E-state index in [2.05, 4.69) is 21.2 Å². The summed E-state index contributed by atoms with van der Waals surface area (Å²) in [5.74, 6) is -0.731. The van der Waals surface area contributed by atoms with Gasteiger partial charge in [-0.1, -0.05) is 12.1 Å². The van der Waals surface area contributed by atoms with E-state index in [1.807, 2.05) is 6.92 Å². The number of amides is 2. The van der Waals surface area contributed by atoms with Crippen LogP contribution in [0.1, 0.15) is 22.2 Å². The van der Waals surface area contributed by atoms with Crippen molar-refractivity contribution in [3.05, 3.63) is 56.4 Å². The summed E-state index contributed by atoms with van der Waals surface area (Å²) in [5, 5.41) is 2.73. The predicted octanol–water partition coefficient (Wildman–Crippen LogP) is 3.43. The molecule has 2 amide bonds. The monoisotopic (exact) mass is 398 g/mol. The lowest BCUT2D eigenvalue weighted by Crippen LogP contribution is -2.40. The first-order chi connectivity index (χ1) is 11.0. The summed E-state index contributed by atoms with van der Waals surface area (Å²) in [7, 11) is 0. The van der Waals surface area contributed by atoms with Gasteiger partial charge in [0.2, 0.25) is 5.91 Å². The van der Waals surface area contributed by atoms with Gasteiger partial charge in [-0.25, -0.2) is 4.39 Å². The van der Waals surface area contributed by atoms with Gasteiger partial charge >= 0.3 is 0 Å². The Labute approximate surface area is 146 Å². The predicted molar refractivity (Wildman–Crippen MR) is 91.8 cm³/mol. The van der Waals surface area contributed by atoms with E-state index in [4.69, 9.17) is 0 Å². The lowest BCUT2D eigenvalue weighted by molar-refractivity contribution is -0.121. The van der Waals surface area contributed by atoms with Crippen LogP contribution < -0.4 is 5.32 Å². The second-order valence-corrected chi connectivity index (χ2v) is 7.29. The van der Waals surface area contributed by atoms with Gasteiger partial charge < -0.3 is 10.2 Å². The van der Waals surface area contributed by atoms with Crippen molar-refractivity contribution >= 4 is 39.1 Å². The summed E-state index contributed by atoms with van der Waals surface area (Å²) in [6, 6.07) is 9.45. The minimum Gasteiger partial charge on any atom is -0.350 e. The Bertz CT molecular complexity index is 688. The molecular formula is C16H16BrFN2O2S. The molecule has 0 aliphatic heterocycles. The molecule has 7 heteroatoms. The SMILES string of the molecule is CCN(CC(=O)NCc1ccc(F)cc1)C(=O)c1ccc(Br)s1. The fourth-order valence-electron chi connectivity index (χ4n) is 1.94. The van der Waals surface area contributed by atoms with E-state index in [0.717, 1.165) is 9.35 Å². The number of rotatable bonds is 6. The molecule has 0 radical (unpaired) electrons. The van der Waals surface area contributed by atoms with Crippen molar-refractivity contribution in [2.75, 3.05) is 13.1 Å². The summed E-state index contributed by atoms with van der Waals surface area (Å²) in [5.41, 5.74) is 0.802. The number of thiophene rings is 1. The smallest absolute Gasteiger partial charge is 0.264 e. The van der Waals surface area contributed by atoms with Gasteiger partial charge in [0.15, 0.2) is 0 Å². The highest BCUT2D eigenvalue weighted by Crippen LogP contribution is 2.23. The molecule has 2 rings (SSSR count).